The predicted molar refractivity (Wildman–Crippen MR) is 49.3 cm³/mol. The highest BCUT2D eigenvalue weighted by Gasteiger charge is 2.40. The second kappa shape index (κ2) is 4.83. The summed E-state index contributed by atoms with van der Waals surface area (Å²) >= 11 is 0. The zero-order valence-electron chi connectivity index (χ0n) is 8.60. The van der Waals surface area contributed by atoms with Gasteiger partial charge in [0.25, 0.3) is 0 Å². The fraction of sp³-hybridized carbons (Fsp3) is 0.889. The second-order valence-corrected chi connectivity index (χ2v) is 3.76. The Morgan fingerprint density at radius 1 is 1.53 bits per heavy atom. The van der Waals surface area contributed by atoms with Crippen molar-refractivity contribution >= 4 is 5.91 Å². The van der Waals surface area contributed by atoms with E-state index in [2.05, 4.69) is 4.90 Å². The van der Waals surface area contributed by atoms with Crippen LogP contribution in [-0.4, -0.2) is 42.7 Å². The quantitative estimate of drug-likeness (QED) is 0.780. The molecule has 1 amide bonds. The standard InChI is InChI=1S/C9H15F3N2O/c1-2-4-14-5-3-7(6-14)13-8(15)9(10,11)12/h7H,2-6H2,1H3,(H,13,15)/t7-/m0/s1. The molecule has 1 heterocycles. The minimum atomic E-state index is -4.77. The molecule has 0 spiro atoms. The largest absolute Gasteiger partial charge is 0.471 e. The lowest BCUT2D eigenvalue weighted by Gasteiger charge is -2.16. The molecule has 1 saturated heterocycles. The van der Waals surface area contributed by atoms with Crippen LogP contribution >= 0.6 is 0 Å². The first-order chi connectivity index (χ1) is 6.93. The van der Waals surface area contributed by atoms with Crippen molar-refractivity contribution in [3.05, 3.63) is 0 Å². The lowest BCUT2D eigenvalue weighted by molar-refractivity contribution is -0.174. The normalized spacial score (nSPS) is 23.1. The van der Waals surface area contributed by atoms with Crippen LogP contribution in [0.2, 0.25) is 0 Å². The molecule has 1 N–H and O–H groups in total. The van der Waals surface area contributed by atoms with Crippen LogP contribution in [0.1, 0.15) is 19.8 Å². The summed E-state index contributed by atoms with van der Waals surface area (Å²) in [6.45, 7) is 4.17. The molecule has 0 radical (unpaired) electrons. The highest BCUT2D eigenvalue weighted by atomic mass is 19.4. The van der Waals surface area contributed by atoms with E-state index in [-0.39, 0.29) is 6.04 Å². The van der Waals surface area contributed by atoms with Gasteiger partial charge in [-0.1, -0.05) is 6.92 Å². The lowest BCUT2D eigenvalue weighted by atomic mass is 10.2. The second-order valence-electron chi connectivity index (χ2n) is 3.76. The van der Waals surface area contributed by atoms with Crippen LogP contribution in [-0.2, 0) is 4.79 Å². The van der Waals surface area contributed by atoms with Crippen LogP contribution in [0.15, 0.2) is 0 Å². The van der Waals surface area contributed by atoms with Gasteiger partial charge < -0.3 is 10.2 Å². The fourth-order valence-electron chi connectivity index (χ4n) is 1.74. The highest BCUT2D eigenvalue weighted by molar-refractivity contribution is 5.81. The van der Waals surface area contributed by atoms with Gasteiger partial charge in [0.2, 0.25) is 0 Å². The molecule has 0 aromatic heterocycles. The Morgan fingerprint density at radius 3 is 2.73 bits per heavy atom. The molecule has 0 bridgehead atoms. The smallest absolute Gasteiger partial charge is 0.344 e. The molecule has 1 rings (SSSR count). The third kappa shape index (κ3) is 3.70. The number of hydrogen-bond donors (Lipinski definition) is 1. The number of nitrogens with one attached hydrogen (secondary N) is 1. The average Bonchev–Trinajstić information content (AvgIpc) is 2.51. The van der Waals surface area contributed by atoms with Crippen molar-refractivity contribution in [2.45, 2.75) is 32.0 Å². The summed E-state index contributed by atoms with van der Waals surface area (Å²) < 4.78 is 35.8. The van der Waals surface area contributed by atoms with Gasteiger partial charge in [-0.05, 0) is 19.4 Å². The summed E-state index contributed by atoms with van der Waals surface area (Å²) in [5, 5.41) is 2.00. The van der Waals surface area contributed by atoms with E-state index >= 15 is 0 Å². The van der Waals surface area contributed by atoms with Crippen molar-refractivity contribution in [1.29, 1.82) is 0 Å². The van der Waals surface area contributed by atoms with Crippen LogP contribution in [0.3, 0.4) is 0 Å². The van der Waals surface area contributed by atoms with Crippen molar-refractivity contribution in [2.24, 2.45) is 0 Å². The Labute approximate surface area is 86.6 Å². The van der Waals surface area contributed by atoms with Crippen molar-refractivity contribution in [3.8, 4) is 0 Å². The van der Waals surface area contributed by atoms with Crippen LogP contribution in [0.4, 0.5) is 13.2 Å². The van der Waals surface area contributed by atoms with Gasteiger partial charge in [-0.25, -0.2) is 0 Å². The maximum atomic E-state index is 11.9. The van der Waals surface area contributed by atoms with Crippen molar-refractivity contribution in [1.82, 2.24) is 10.2 Å². The first-order valence-electron chi connectivity index (χ1n) is 5.03. The first kappa shape index (κ1) is 12.3. The molecule has 3 nitrogen and oxygen atoms in total. The molecule has 15 heavy (non-hydrogen) atoms. The highest BCUT2D eigenvalue weighted by Crippen LogP contribution is 2.16. The van der Waals surface area contributed by atoms with Crippen LogP contribution < -0.4 is 5.32 Å². The number of hydrogen-bond acceptors (Lipinski definition) is 2. The van der Waals surface area contributed by atoms with E-state index in [9.17, 15) is 18.0 Å². The first-order valence-corrected chi connectivity index (χ1v) is 5.03. The van der Waals surface area contributed by atoms with Gasteiger partial charge in [0.15, 0.2) is 0 Å². The fourth-order valence-corrected chi connectivity index (χ4v) is 1.74. The third-order valence-electron chi connectivity index (χ3n) is 2.40. The zero-order chi connectivity index (χ0) is 11.5. The van der Waals surface area contributed by atoms with Crippen LogP contribution in [0, 0.1) is 0 Å². The van der Waals surface area contributed by atoms with Gasteiger partial charge in [-0.3, -0.25) is 4.79 Å². The summed E-state index contributed by atoms with van der Waals surface area (Å²) in [6, 6.07) is -0.356. The number of halogens is 3. The maximum Gasteiger partial charge on any atom is 0.471 e. The Kier molecular flexibility index (Phi) is 3.96. The Hall–Kier alpha value is -0.780. The summed E-state index contributed by atoms with van der Waals surface area (Å²) in [5.74, 6) is -1.83. The van der Waals surface area contributed by atoms with Gasteiger partial charge in [0, 0.05) is 19.1 Å². The number of amides is 1. The van der Waals surface area contributed by atoms with Crippen molar-refractivity contribution < 1.29 is 18.0 Å². The molecule has 1 atom stereocenters. The van der Waals surface area contributed by atoms with Gasteiger partial charge in [0.1, 0.15) is 0 Å². The molecule has 1 aliphatic rings. The Morgan fingerprint density at radius 2 is 2.20 bits per heavy atom. The van der Waals surface area contributed by atoms with Crippen molar-refractivity contribution in [2.75, 3.05) is 19.6 Å². The van der Waals surface area contributed by atoms with Crippen molar-refractivity contribution in [3.63, 3.8) is 0 Å². The molecule has 0 saturated carbocycles. The summed E-state index contributed by atoms with van der Waals surface area (Å²) in [5.41, 5.74) is 0. The molecular weight excluding hydrogens is 209 g/mol. The molecule has 6 heteroatoms. The van der Waals surface area contributed by atoms with Gasteiger partial charge in [-0.2, -0.15) is 13.2 Å². The van der Waals surface area contributed by atoms with E-state index in [0.29, 0.717) is 13.0 Å². The van der Waals surface area contributed by atoms with Crippen LogP contribution in [0.5, 0.6) is 0 Å². The number of likely N-dealkylation sites (tertiary alicyclic amines) is 1. The molecule has 88 valence electrons. The lowest BCUT2D eigenvalue weighted by Crippen LogP contribution is -2.44. The Balaban J connectivity index is 2.33. The molecule has 1 aliphatic heterocycles. The zero-order valence-corrected chi connectivity index (χ0v) is 8.60. The Bertz CT molecular complexity index is 230. The molecule has 0 aliphatic carbocycles. The maximum absolute atomic E-state index is 11.9. The third-order valence-corrected chi connectivity index (χ3v) is 2.40. The van der Waals surface area contributed by atoms with Gasteiger partial charge in [0.05, 0.1) is 0 Å². The SMILES string of the molecule is CCCN1CC[C@H](NC(=O)C(F)(F)F)C1. The summed E-state index contributed by atoms with van der Waals surface area (Å²) in [7, 11) is 0. The topological polar surface area (TPSA) is 32.3 Å². The molecule has 0 aromatic carbocycles. The van der Waals surface area contributed by atoms with Gasteiger partial charge >= 0.3 is 12.1 Å². The minimum Gasteiger partial charge on any atom is -0.344 e. The number of alkyl halides is 3. The minimum absolute atomic E-state index is 0.356. The van der Waals surface area contributed by atoms with E-state index in [4.69, 9.17) is 0 Å². The molecule has 0 unspecified atom stereocenters. The monoisotopic (exact) mass is 224 g/mol. The average molecular weight is 224 g/mol. The predicted octanol–water partition coefficient (Wildman–Crippen LogP) is 1.15. The van der Waals surface area contributed by atoms with E-state index in [1.165, 1.54) is 0 Å². The number of nitrogens with zero attached hydrogens (tertiary/aromatic N) is 1. The number of rotatable bonds is 3. The van der Waals surface area contributed by atoms with E-state index < -0.39 is 12.1 Å². The number of carbonyl (C=O) groups is 1. The number of carbonyl (C=O) groups excluding carboxylic acids is 1. The van der Waals surface area contributed by atoms with E-state index in [1.54, 1.807) is 0 Å². The van der Waals surface area contributed by atoms with Crippen LogP contribution in [0.25, 0.3) is 0 Å². The molecule has 1 fully saturated rings. The van der Waals surface area contributed by atoms with E-state index in [0.717, 1.165) is 19.5 Å². The molecular formula is C9H15F3N2O. The molecule has 0 aromatic rings. The van der Waals surface area contributed by atoms with E-state index in [1.807, 2.05) is 12.2 Å². The van der Waals surface area contributed by atoms with Gasteiger partial charge in [-0.15, -0.1) is 0 Å². The summed E-state index contributed by atoms with van der Waals surface area (Å²) in [4.78, 5) is 12.7. The summed E-state index contributed by atoms with van der Waals surface area (Å²) in [6.07, 6.45) is -3.19.